The predicted molar refractivity (Wildman–Crippen MR) is 259 cm³/mol. The van der Waals surface area contributed by atoms with Crippen molar-refractivity contribution in [2.75, 3.05) is 0 Å². The van der Waals surface area contributed by atoms with Gasteiger partial charge in [-0.3, -0.25) is 4.57 Å². The minimum Gasteiger partial charge on any atom is -0.455 e. The Morgan fingerprint density at radius 1 is 0.349 bits per heavy atom. The molecule has 0 aliphatic rings. The van der Waals surface area contributed by atoms with Gasteiger partial charge in [-0.15, -0.1) is 0 Å². The highest BCUT2D eigenvalue weighted by Gasteiger charge is 2.24. The summed E-state index contributed by atoms with van der Waals surface area (Å²) < 4.78 is 11.2. The SMILES string of the molecule is c1ccc(-c2nc(-c3cccc4c3oc3ccccc34)nc(-n3c4ccccc4c4ccc5c(c6ccccc6n5-c5ccc6c7ccccc7c7ccccc7c6c5)c43)n2)cc1. The van der Waals surface area contributed by atoms with Gasteiger partial charge >= 0.3 is 0 Å². The highest BCUT2D eigenvalue weighted by atomic mass is 16.3. The van der Waals surface area contributed by atoms with Crippen molar-refractivity contribution in [3.63, 3.8) is 0 Å². The van der Waals surface area contributed by atoms with Crippen molar-refractivity contribution < 1.29 is 4.42 Å². The van der Waals surface area contributed by atoms with Crippen molar-refractivity contribution in [1.82, 2.24) is 24.1 Å². The molecule has 0 atom stereocenters. The molecule has 292 valence electrons. The lowest BCUT2D eigenvalue weighted by Crippen LogP contribution is -2.06. The van der Waals surface area contributed by atoms with Gasteiger partial charge in [0.05, 0.1) is 27.6 Å². The van der Waals surface area contributed by atoms with Crippen LogP contribution in [0.15, 0.2) is 205 Å². The molecule has 14 aromatic rings. The van der Waals surface area contributed by atoms with Crippen LogP contribution in [0.3, 0.4) is 0 Å². The Hall–Kier alpha value is -8.61. The molecule has 0 spiro atoms. The van der Waals surface area contributed by atoms with E-state index in [9.17, 15) is 0 Å². The van der Waals surface area contributed by atoms with Crippen LogP contribution in [0.2, 0.25) is 0 Å². The largest absolute Gasteiger partial charge is 0.455 e. The second kappa shape index (κ2) is 12.9. The Kier molecular flexibility index (Phi) is 7.02. The summed E-state index contributed by atoms with van der Waals surface area (Å²) in [5.41, 5.74) is 8.66. The average molecular weight is 804 g/mol. The van der Waals surface area contributed by atoms with E-state index in [0.717, 1.165) is 82.4 Å². The van der Waals surface area contributed by atoms with Crippen molar-refractivity contribution in [3.8, 4) is 34.4 Å². The van der Waals surface area contributed by atoms with Crippen molar-refractivity contribution in [1.29, 1.82) is 0 Å². The van der Waals surface area contributed by atoms with Crippen molar-refractivity contribution in [3.05, 3.63) is 200 Å². The van der Waals surface area contributed by atoms with Crippen LogP contribution >= 0.6 is 0 Å². The zero-order valence-electron chi connectivity index (χ0n) is 33.7. The smallest absolute Gasteiger partial charge is 0.238 e. The first-order valence-electron chi connectivity index (χ1n) is 21.3. The molecular weight excluding hydrogens is 771 g/mol. The maximum Gasteiger partial charge on any atom is 0.238 e. The van der Waals surface area contributed by atoms with E-state index in [0.29, 0.717) is 17.6 Å². The molecule has 0 aliphatic carbocycles. The van der Waals surface area contributed by atoms with Crippen molar-refractivity contribution in [2.45, 2.75) is 0 Å². The maximum atomic E-state index is 6.57. The number of aromatic nitrogens is 5. The molecule has 0 bridgehead atoms. The molecule has 10 aromatic carbocycles. The summed E-state index contributed by atoms with van der Waals surface area (Å²) in [5.74, 6) is 1.66. The fraction of sp³-hybridized carbons (Fsp3) is 0. The molecular formula is C57H33N5O. The Bertz CT molecular complexity index is 4180. The van der Waals surface area contributed by atoms with Gasteiger partial charge in [0.2, 0.25) is 5.95 Å². The average Bonchev–Trinajstić information content (AvgIpc) is 4.02. The number of hydrogen-bond donors (Lipinski definition) is 0. The molecule has 0 amide bonds. The second-order valence-electron chi connectivity index (χ2n) is 16.3. The Morgan fingerprint density at radius 3 is 1.68 bits per heavy atom. The van der Waals surface area contributed by atoms with E-state index in [4.69, 9.17) is 19.4 Å². The normalized spacial score (nSPS) is 12.1. The van der Waals surface area contributed by atoms with Gasteiger partial charge in [-0.05, 0) is 74.8 Å². The summed E-state index contributed by atoms with van der Waals surface area (Å²) in [6.45, 7) is 0. The summed E-state index contributed by atoms with van der Waals surface area (Å²) >= 11 is 0. The standard InChI is InChI=1S/C57H33N5O/c1-2-15-34(16-3-1)55-58-56(46-25-14-24-44-42-22-10-13-28-51(42)63-54(44)46)60-57(59-55)62-48-26-11-8-21-41(48)43-31-32-50-52(53(43)62)45-23-9-12-27-49(45)61(50)35-29-30-40-38-19-5-4-17-36(38)37-18-6-7-20-39(37)47(40)33-35/h1-33H. The lowest BCUT2D eigenvalue weighted by Gasteiger charge is -2.14. The van der Waals surface area contributed by atoms with E-state index in [1.807, 2.05) is 42.5 Å². The molecule has 6 nitrogen and oxygen atoms in total. The molecule has 14 rings (SSSR count). The van der Waals surface area contributed by atoms with Crippen molar-refractivity contribution in [2.24, 2.45) is 0 Å². The number of para-hydroxylation sites is 4. The topological polar surface area (TPSA) is 61.7 Å². The molecule has 4 aromatic heterocycles. The molecule has 0 fully saturated rings. The van der Waals surface area contributed by atoms with Gasteiger partial charge in [-0.25, -0.2) is 4.98 Å². The molecule has 0 N–H and O–H groups in total. The molecule has 0 saturated heterocycles. The van der Waals surface area contributed by atoms with E-state index in [-0.39, 0.29) is 0 Å². The molecule has 0 radical (unpaired) electrons. The van der Waals surface area contributed by atoms with Crippen LogP contribution in [0.5, 0.6) is 0 Å². The minimum atomic E-state index is 0.534. The van der Waals surface area contributed by atoms with Gasteiger partial charge in [0.15, 0.2) is 11.6 Å². The quantitative estimate of drug-likeness (QED) is 0.166. The van der Waals surface area contributed by atoms with E-state index >= 15 is 0 Å². The highest BCUT2D eigenvalue weighted by Crippen LogP contribution is 2.44. The van der Waals surface area contributed by atoms with Crippen LogP contribution < -0.4 is 0 Å². The van der Waals surface area contributed by atoms with Gasteiger partial charge < -0.3 is 8.98 Å². The highest BCUT2D eigenvalue weighted by molar-refractivity contribution is 6.28. The van der Waals surface area contributed by atoms with Gasteiger partial charge in [0.25, 0.3) is 0 Å². The van der Waals surface area contributed by atoms with Crippen molar-refractivity contribution >= 4 is 97.9 Å². The van der Waals surface area contributed by atoms with Gasteiger partial charge in [0, 0.05) is 43.6 Å². The first-order valence-corrected chi connectivity index (χ1v) is 21.3. The fourth-order valence-electron chi connectivity index (χ4n) is 10.3. The number of furan rings is 1. The van der Waals surface area contributed by atoms with Gasteiger partial charge in [-0.1, -0.05) is 158 Å². The first kappa shape index (κ1) is 34.1. The summed E-state index contributed by atoms with van der Waals surface area (Å²) in [5, 5.41) is 14.1. The molecule has 4 heterocycles. The van der Waals surface area contributed by atoms with Crippen LogP contribution in [0.1, 0.15) is 0 Å². The van der Waals surface area contributed by atoms with Crippen LogP contribution in [0, 0.1) is 0 Å². The van der Waals surface area contributed by atoms with Crippen LogP contribution in [-0.4, -0.2) is 24.1 Å². The molecule has 63 heavy (non-hydrogen) atoms. The van der Waals surface area contributed by atoms with E-state index < -0.39 is 0 Å². The summed E-state index contributed by atoms with van der Waals surface area (Å²) in [7, 11) is 0. The Morgan fingerprint density at radius 2 is 0.921 bits per heavy atom. The molecule has 0 aliphatic heterocycles. The van der Waals surface area contributed by atoms with Gasteiger partial charge in [-0.2, -0.15) is 9.97 Å². The number of hydrogen-bond acceptors (Lipinski definition) is 4. The number of benzene rings is 10. The second-order valence-corrected chi connectivity index (χ2v) is 16.3. The summed E-state index contributed by atoms with van der Waals surface area (Å²) in [6.07, 6.45) is 0. The molecule has 0 saturated carbocycles. The fourth-order valence-corrected chi connectivity index (χ4v) is 10.3. The Labute approximate surface area is 359 Å². The Balaban J connectivity index is 1.09. The third-order valence-corrected chi connectivity index (χ3v) is 13.0. The molecule has 0 unspecified atom stereocenters. The lowest BCUT2D eigenvalue weighted by molar-refractivity contribution is 0.669. The van der Waals surface area contributed by atoms with E-state index in [2.05, 4.69) is 167 Å². The van der Waals surface area contributed by atoms with Crippen LogP contribution in [-0.2, 0) is 0 Å². The first-order chi connectivity index (χ1) is 31.3. The third-order valence-electron chi connectivity index (χ3n) is 13.0. The van der Waals surface area contributed by atoms with E-state index in [1.165, 1.54) is 32.3 Å². The van der Waals surface area contributed by atoms with Crippen LogP contribution in [0.25, 0.3) is 132 Å². The number of nitrogens with zero attached hydrogens (tertiary/aromatic N) is 5. The van der Waals surface area contributed by atoms with Gasteiger partial charge in [0.1, 0.15) is 11.2 Å². The number of rotatable bonds is 4. The zero-order valence-corrected chi connectivity index (χ0v) is 33.7. The maximum absolute atomic E-state index is 6.57. The van der Waals surface area contributed by atoms with E-state index in [1.54, 1.807) is 0 Å². The zero-order chi connectivity index (χ0) is 41.2. The summed E-state index contributed by atoms with van der Waals surface area (Å²) in [6, 6.07) is 70.9. The van der Waals surface area contributed by atoms with Crippen LogP contribution in [0.4, 0.5) is 0 Å². The molecule has 6 heteroatoms. The third kappa shape index (κ3) is 4.86. The lowest BCUT2D eigenvalue weighted by atomic mass is 9.94. The summed E-state index contributed by atoms with van der Waals surface area (Å²) in [4.78, 5) is 15.9. The monoisotopic (exact) mass is 803 g/mol. The minimum absolute atomic E-state index is 0.534. The number of fused-ring (bicyclic) bond motifs is 16. The predicted octanol–water partition coefficient (Wildman–Crippen LogP) is 14.8.